The van der Waals surface area contributed by atoms with Crippen LogP contribution in [0.15, 0.2) is 22.5 Å². The predicted octanol–water partition coefficient (Wildman–Crippen LogP) is 1.44. The first-order chi connectivity index (χ1) is 9.81. The van der Waals surface area contributed by atoms with Gasteiger partial charge in [-0.3, -0.25) is 9.89 Å². The van der Waals surface area contributed by atoms with Gasteiger partial charge in [0.1, 0.15) is 0 Å². The summed E-state index contributed by atoms with van der Waals surface area (Å²) in [5.74, 6) is 0.503. The van der Waals surface area contributed by atoms with E-state index in [0.717, 1.165) is 13.1 Å². The average Bonchev–Trinajstić information content (AvgIpc) is 3.12. The summed E-state index contributed by atoms with van der Waals surface area (Å²) in [6, 6.07) is 4.66. The Balaban J connectivity index is 1.92. The van der Waals surface area contributed by atoms with Crippen LogP contribution in [-0.4, -0.2) is 50.8 Å². The molecule has 1 fully saturated rings. The molecule has 1 saturated heterocycles. The van der Waals surface area contributed by atoms with E-state index in [1.165, 1.54) is 17.7 Å². The second-order valence-electron chi connectivity index (χ2n) is 4.92. The molecular weight excluding hydrogens is 272 g/mol. The molecule has 0 spiro atoms. The van der Waals surface area contributed by atoms with Crippen LogP contribution >= 0.6 is 11.3 Å². The van der Waals surface area contributed by atoms with Crippen LogP contribution in [0.1, 0.15) is 23.8 Å². The van der Waals surface area contributed by atoms with E-state index in [9.17, 15) is 0 Å². The molecule has 0 amide bonds. The largest absolute Gasteiger partial charge is 0.383 e. The maximum absolute atomic E-state index is 5.88. The fourth-order valence-electron chi connectivity index (χ4n) is 2.44. The number of hydrogen-bond donors (Lipinski definition) is 2. The third-order valence-corrected chi connectivity index (χ3v) is 4.47. The summed E-state index contributed by atoms with van der Waals surface area (Å²) in [6.07, 6.45) is 2.57. The van der Waals surface area contributed by atoms with E-state index < -0.39 is 0 Å². The van der Waals surface area contributed by atoms with Crippen LogP contribution in [0.4, 0.5) is 0 Å². The predicted molar refractivity (Wildman–Crippen MR) is 84.2 cm³/mol. The van der Waals surface area contributed by atoms with Gasteiger partial charge in [-0.1, -0.05) is 6.07 Å². The van der Waals surface area contributed by atoms with E-state index in [1.54, 1.807) is 18.4 Å². The van der Waals surface area contributed by atoms with Crippen molar-refractivity contribution >= 4 is 17.3 Å². The van der Waals surface area contributed by atoms with Crippen molar-refractivity contribution in [3.63, 3.8) is 0 Å². The number of ether oxygens (including phenoxy) is 1. The number of nitrogens with one attached hydrogen (secondary N) is 1. The van der Waals surface area contributed by atoms with Gasteiger partial charge in [-0.05, 0) is 37.4 Å². The number of hydrogen-bond acceptors (Lipinski definition) is 4. The van der Waals surface area contributed by atoms with E-state index in [2.05, 4.69) is 32.7 Å². The second-order valence-corrected chi connectivity index (χ2v) is 5.90. The van der Waals surface area contributed by atoms with Gasteiger partial charge in [-0.25, -0.2) is 0 Å². The summed E-state index contributed by atoms with van der Waals surface area (Å²) < 4.78 is 4.98. The minimum absolute atomic E-state index is 0.361. The molecule has 0 aliphatic carbocycles. The van der Waals surface area contributed by atoms with Crippen LogP contribution in [0.5, 0.6) is 0 Å². The SMILES string of the molecule is COCCNC(N)=NCC(c1cccs1)N1CCCC1. The van der Waals surface area contributed by atoms with Gasteiger partial charge in [0.25, 0.3) is 0 Å². The summed E-state index contributed by atoms with van der Waals surface area (Å²) in [5.41, 5.74) is 5.88. The highest BCUT2D eigenvalue weighted by Gasteiger charge is 2.23. The van der Waals surface area contributed by atoms with Crippen LogP contribution in [0, 0.1) is 0 Å². The minimum atomic E-state index is 0.361. The number of likely N-dealkylation sites (tertiary alicyclic amines) is 1. The van der Waals surface area contributed by atoms with Gasteiger partial charge in [0.15, 0.2) is 5.96 Å². The lowest BCUT2D eigenvalue weighted by Gasteiger charge is -2.25. The molecule has 0 aromatic carbocycles. The van der Waals surface area contributed by atoms with Gasteiger partial charge in [0.05, 0.1) is 19.2 Å². The summed E-state index contributed by atoms with van der Waals surface area (Å²) >= 11 is 1.80. The molecule has 0 bridgehead atoms. The van der Waals surface area contributed by atoms with Gasteiger partial charge >= 0.3 is 0 Å². The Morgan fingerprint density at radius 2 is 2.35 bits per heavy atom. The fraction of sp³-hybridized carbons (Fsp3) is 0.643. The van der Waals surface area contributed by atoms with Crippen LogP contribution in [0.25, 0.3) is 0 Å². The lowest BCUT2D eigenvalue weighted by atomic mass is 10.2. The summed E-state index contributed by atoms with van der Waals surface area (Å²) in [6.45, 7) is 4.37. The van der Waals surface area contributed by atoms with Crippen LogP contribution in [0.3, 0.4) is 0 Å². The van der Waals surface area contributed by atoms with Crippen molar-refractivity contribution in [3.8, 4) is 0 Å². The molecule has 0 saturated carbocycles. The first-order valence-corrected chi connectivity index (χ1v) is 7.99. The minimum Gasteiger partial charge on any atom is -0.383 e. The van der Waals surface area contributed by atoms with Gasteiger partial charge in [-0.15, -0.1) is 11.3 Å². The zero-order valence-electron chi connectivity index (χ0n) is 12.0. The quantitative estimate of drug-likeness (QED) is 0.454. The van der Waals surface area contributed by atoms with Crippen molar-refractivity contribution in [2.75, 3.05) is 39.9 Å². The zero-order valence-corrected chi connectivity index (χ0v) is 12.9. The molecule has 1 atom stereocenters. The Hall–Kier alpha value is -1.11. The van der Waals surface area contributed by atoms with Crippen molar-refractivity contribution in [1.29, 1.82) is 0 Å². The molecule has 0 radical (unpaired) electrons. The molecule has 2 rings (SSSR count). The highest BCUT2D eigenvalue weighted by Crippen LogP contribution is 2.28. The van der Waals surface area contributed by atoms with Crippen LogP contribution in [-0.2, 0) is 4.74 Å². The Morgan fingerprint density at radius 1 is 1.55 bits per heavy atom. The summed E-state index contributed by atoms with van der Waals surface area (Å²) in [4.78, 5) is 8.38. The Kier molecular flexibility index (Phi) is 6.29. The maximum atomic E-state index is 5.88. The molecule has 1 aromatic heterocycles. The first kappa shape index (κ1) is 15.3. The molecule has 6 heteroatoms. The monoisotopic (exact) mass is 296 g/mol. The molecule has 1 unspecified atom stereocenters. The molecule has 1 aliphatic heterocycles. The molecule has 112 valence electrons. The lowest BCUT2D eigenvalue weighted by Crippen LogP contribution is -2.35. The van der Waals surface area contributed by atoms with Gasteiger partial charge < -0.3 is 15.8 Å². The standard InChI is InChI=1S/C14H24N4OS/c1-19-9-6-16-14(15)17-11-12(13-5-4-10-20-13)18-7-2-3-8-18/h4-5,10,12H,2-3,6-9,11H2,1H3,(H3,15,16,17). The van der Waals surface area contributed by atoms with E-state index in [4.69, 9.17) is 10.5 Å². The normalized spacial score (nSPS) is 18.4. The number of guanidine groups is 1. The first-order valence-electron chi connectivity index (χ1n) is 7.11. The van der Waals surface area contributed by atoms with Crippen LogP contribution in [0.2, 0.25) is 0 Å². The Bertz CT molecular complexity index is 401. The molecule has 20 heavy (non-hydrogen) atoms. The molecule has 5 nitrogen and oxygen atoms in total. The molecular formula is C14H24N4OS. The molecule has 2 heterocycles. The lowest BCUT2D eigenvalue weighted by molar-refractivity contribution is 0.203. The number of thiophene rings is 1. The van der Waals surface area contributed by atoms with Gasteiger partial charge in [-0.2, -0.15) is 0 Å². The van der Waals surface area contributed by atoms with Gasteiger partial charge in [0.2, 0.25) is 0 Å². The van der Waals surface area contributed by atoms with Crippen LogP contribution < -0.4 is 11.1 Å². The maximum Gasteiger partial charge on any atom is 0.188 e. The third-order valence-electron chi connectivity index (χ3n) is 3.50. The highest BCUT2D eigenvalue weighted by atomic mass is 32.1. The van der Waals surface area contributed by atoms with E-state index in [0.29, 0.717) is 31.7 Å². The third kappa shape index (κ3) is 4.47. The average molecular weight is 296 g/mol. The van der Waals surface area contributed by atoms with Crippen molar-refractivity contribution in [2.24, 2.45) is 10.7 Å². The highest BCUT2D eigenvalue weighted by molar-refractivity contribution is 7.10. The molecule has 1 aliphatic rings. The van der Waals surface area contributed by atoms with Crippen molar-refractivity contribution < 1.29 is 4.74 Å². The van der Waals surface area contributed by atoms with Crippen molar-refractivity contribution in [3.05, 3.63) is 22.4 Å². The Labute approximate surface area is 124 Å². The number of rotatable bonds is 7. The smallest absolute Gasteiger partial charge is 0.188 e. The van der Waals surface area contributed by atoms with Crippen molar-refractivity contribution in [2.45, 2.75) is 18.9 Å². The fourth-order valence-corrected chi connectivity index (χ4v) is 3.29. The number of aliphatic imine (C=N–C) groups is 1. The molecule has 1 aromatic rings. The summed E-state index contributed by atoms with van der Waals surface area (Å²) in [5, 5.41) is 5.19. The van der Waals surface area contributed by atoms with Gasteiger partial charge in [0, 0.05) is 18.5 Å². The zero-order chi connectivity index (χ0) is 14.2. The van der Waals surface area contributed by atoms with E-state index >= 15 is 0 Å². The number of nitrogens with two attached hydrogens (primary N) is 1. The van der Waals surface area contributed by atoms with Crippen molar-refractivity contribution in [1.82, 2.24) is 10.2 Å². The topological polar surface area (TPSA) is 62.9 Å². The van der Waals surface area contributed by atoms with E-state index in [1.807, 2.05) is 0 Å². The second kappa shape index (κ2) is 8.24. The molecule has 3 N–H and O–H groups in total. The Morgan fingerprint density at radius 3 is 3.00 bits per heavy atom. The number of nitrogens with zero attached hydrogens (tertiary/aromatic N) is 2. The van der Waals surface area contributed by atoms with E-state index in [-0.39, 0.29) is 0 Å². The summed E-state index contributed by atoms with van der Waals surface area (Å²) in [7, 11) is 1.68. The number of methoxy groups -OCH3 is 1.